The lowest BCUT2D eigenvalue weighted by Gasteiger charge is -2.24. The van der Waals surface area contributed by atoms with E-state index in [9.17, 15) is 9.59 Å². The molecule has 6 heteroatoms. The molecule has 1 amide bonds. The van der Waals surface area contributed by atoms with Gasteiger partial charge < -0.3 is 19.9 Å². The van der Waals surface area contributed by atoms with E-state index >= 15 is 0 Å². The molecule has 3 unspecified atom stereocenters. The van der Waals surface area contributed by atoms with Gasteiger partial charge in [0.25, 0.3) is 0 Å². The Hall–Kier alpha value is -1.14. The fourth-order valence-corrected chi connectivity index (χ4v) is 2.30. The van der Waals surface area contributed by atoms with Crippen LogP contribution in [0.1, 0.15) is 46.0 Å². The second-order valence-electron chi connectivity index (χ2n) is 5.53. The van der Waals surface area contributed by atoms with E-state index in [0.717, 1.165) is 32.3 Å². The minimum absolute atomic E-state index is 0.0702. The Bertz CT molecular complexity index is 328. The van der Waals surface area contributed by atoms with Crippen LogP contribution in [0.3, 0.4) is 0 Å². The molecule has 122 valence electrons. The number of rotatable bonds is 9. The number of hydrogen-bond donors (Lipinski definition) is 2. The second-order valence-corrected chi connectivity index (χ2v) is 5.53. The van der Waals surface area contributed by atoms with Crippen molar-refractivity contribution in [2.45, 2.75) is 58.2 Å². The van der Waals surface area contributed by atoms with Crippen molar-refractivity contribution in [3.8, 4) is 0 Å². The average Bonchev–Trinajstić information content (AvgIpc) is 2.49. The van der Waals surface area contributed by atoms with E-state index in [1.807, 2.05) is 6.92 Å². The Morgan fingerprint density at radius 1 is 1.43 bits per heavy atom. The summed E-state index contributed by atoms with van der Waals surface area (Å²) >= 11 is 0. The maximum Gasteiger partial charge on any atom is 0.308 e. The van der Waals surface area contributed by atoms with E-state index in [4.69, 9.17) is 14.6 Å². The molecule has 1 rings (SSSR count). The molecule has 0 bridgehead atoms. The van der Waals surface area contributed by atoms with Crippen LogP contribution in [0.25, 0.3) is 0 Å². The third-order valence-electron chi connectivity index (χ3n) is 3.68. The predicted molar refractivity (Wildman–Crippen MR) is 78.0 cm³/mol. The van der Waals surface area contributed by atoms with Gasteiger partial charge in [0.05, 0.1) is 18.6 Å². The van der Waals surface area contributed by atoms with Crippen LogP contribution in [0.4, 0.5) is 0 Å². The first-order valence-corrected chi connectivity index (χ1v) is 7.78. The summed E-state index contributed by atoms with van der Waals surface area (Å²) in [6, 6.07) is 0. The maximum absolute atomic E-state index is 11.9. The molecule has 0 spiro atoms. The first-order valence-electron chi connectivity index (χ1n) is 7.78. The van der Waals surface area contributed by atoms with Crippen molar-refractivity contribution < 1.29 is 24.2 Å². The lowest BCUT2D eigenvalue weighted by molar-refractivity contribution is -0.142. The number of carbonyl (C=O) groups excluding carboxylic acids is 1. The summed E-state index contributed by atoms with van der Waals surface area (Å²) in [7, 11) is 0. The number of nitrogens with one attached hydrogen (secondary N) is 1. The molecule has 3 atom stereocenters. The average molecular weight is 301 g/mol. The van der Waals surface area contributed by atoms with Crippen LogP contribution in [-0.2, 0) is 19.1 Å². The quantitative estimate of drug-likeness (QED) is 0.675. The van der Waals surface area contributed by atoms with E-state index in [2.05, 4.69) is 5.32 Å². The van der Waals surface area contributed by atoms with Gasteiger partial charge in [0.2, 0.25) is 5.91 Å². The fourth-order valence-electron chi connectivity index (χ4n) is 2.30. The first-order chi connectivity index (χ1) is 10.0. The third-order valence-corrected chi connectivity index (χ3v) is 3.68. The highest BCUT2D eigenvalue weighted by Crippen LogP contribution is 2.13. The van der Waals surface area contributed by atoms with Crippen molar-refractivity contribution >= 4 is 11.9 Å². The number of carboxylic acids is 1. The molecule has 0 aliphatic carbocycles. The largest absolute Gasteiger partial charge is 0.481 e. The van der Waals surface area contributed by atoms with Crippen LogP contribution in [-0.4, -0.2) is 48.9 Å². The molecule has 1 heterocycles. The summed E-state index contributed by atoms with van der Waals surface area (Å²) in [4.78, 5) is 22.9. The molecular formula is C15H27NO5. The molecule has 0 saturated carbocycles. The van der Waals surface area contributed by atoms with Gasteiger partial charge in [-0.25, -0.2) is 0 Å². The molecule has 21 heavy (non-hydrogen) atoms. The third kappa shape index (κ3) is 6.91. The molecule has 1 fully saturated rings. The van der Waals surface area contributed by atoms with Crippen LogP contribution < -0.4 is 5.32 Å². The molecule has 2 N–H and O–H groups in total. The van der Waals surface area contributed by atoms with Crippen molar-refractivity contribution in [1.82, 2.24) is 5.32 Å². The molecule has 1 aliphatic heterocycles. The number of aliphatic carboxylic acids is 1. The minimum Gasteiger partial charge on any atom is -0.481 e. The van der Waals surface area contributed by atoms with Gasteiger partial charge in [0, 0.05) is 13.2 Å². The first kappa shape index (κ1) is 17.9. The lowest BCUT2D eigenvalue weighted by Crippen LogP contribution is -2.40. The number of hydrogen-bond acceptors (Lipinski definition) is 4. The molecule has 1 saturated heterocycles. The number of carboxylic acid groups (broad SMARTS) is 1. The van der Waals surface area contributed by atoms with Gasteiger partial charge in [0.1, 0.15) is 6.10 Å². The summed E-state index contributed by atoms with van der Waals surface area (Å²) < 4.78 is 11.0. The topological polar surface area (TPSA) is 84.9 Å². The fraction of sp³-hybridized carbons (Fsp3) is 0.867. The molecular weight excluding hydrogens is 274 g/mol. The van der Waals surface area contributed by atoms with E-state index < -0.39 is 18.0 Å². The standard InChI is InChI=1S/C15H27NO5/c1-3-6-12(15(18)19)9-16-14(17)11(2)21-10-13-7-4-5-8-20-13/h11-13H,3-10H2,1-2H3,(H,16,17)(H,18,19). The van der Waals surface area contributed by atoms with Crippen molar-refractivity contribution in [3.63, 3.8) is 0 Å². The molecule has 0 aromatic rings. The van der Waals surface area contributed by atoms with E-state index in [0.29, 0.717) is 13.0 Å². The van der Waals surface area contributed by atoms with Crippen molar-refractivity contribution in [2.75, 3.05) is 19.8 Å². The monoisotopic (exact) mass is 301 g/mol. The van der Waals surface area contributed by atoms with Gasteiger partial charge in [0.15, 0.2) is 0 Å². The van der Waals surface area contributed by atoms with Crippen molar-refractivity contribution in [1.29, 1.82) is 0 Å². The number of ether oxygens (including phenoxy) is 2. The number of carbonyl (C=O) groups is 2. The van der Waals surface area contributed by atoms with Gasteiger partial charge in [-0.1, -0.05) is 13.3 Å². The Morgan fingerprint density at radius 2 is 2.19 bits per heavy atom. The van der Waals surface area contributed by atoms with Gasteiger partial charge in [-0.15, -0.1) is 0 Å². The summed E-state index contributed by atoms with van der Waals surface area (Å²) in [6.07, 6.45) is 3.99. The van der Waals surface area contributed by atoms with E-state index in [1.54, 1.807) is 6.92 Å². The SMILES string of the molecule is CCCC(CNC(=O)C(C)OCC1CCCCO1)C(=O)O. The van der Waals surface area contributed by atoms with Gasteiger partial charge in [-0.05, 0) is 32.6 Å². The van der Waals surface area contributed by atoms with E-state index in [-0.39, 0.29) is 18.6 Å². The van der Waals surface area contributed by atoms with Gasteiger partial charge >= 0.3 is 5.97 Å². The highest BCUT2D eigenvalue weighted by molar-refractivity contribution is 5.81. The highest BCUT2D eigenvalue weighted by Gasteiger charge is 2.21. The van der Waals surface area contributed by atoms with Gasteiger partial charge in [-0.2, -0.15) is 0 Å². The van der Waals surface area contributed by atoms with E-state index in [1.165, 1.54) is 0 Å². The van der Waals surface area contributed by atoms with Crippen LogP contribution in [0.5, 0.6) is 0 Å². The maximum atomic E-state index is 11.9. The van der Waals surface area contributed by atoms with Gasteiger partial charge in [-0.3, -0.25) is 9.59 Å². The summed E-state index contributed by atoms with van der Waals surface area (Å²) in [5.74, 6) is -1.68. The second kappa shape index (κ2) is 9.73. The lowest BCUT2D eigenvalue weighted by atomic mass is 10.0. The minimum atomic E-state index is -0.874. The summed E-state index contributed by atoms with van der Waals surface area (Å²) in [6.45, 7) is 4.91. The Balaban J connectivity index is 2.24. The molecule has 6 nitrogen and oxygen atoms in total. The Morgan fingerprint density at radius 3 is 2.76 bits per heavy atom. The predicted octanol–water partition coefficient (Wildman–Crippen LogP) is 1.58. The van der Waals surface area contributed by atoms with Crippen LogP contribution in [0.15, 0.2) is 0 Å². The number of amides is 1. The van der Waals surface area contributed by atoms with Crippen molar-refractivity contribution in [2.24, 2.45) is 5.92 Å². The van der Waals surface area contributed by atoms with Crippen molar-refractivity contribution in [3.05, 3.63) is 0 Å². The Labute approximate surface area is 126 Å². The zero-order chi connectivity index (χ0) is 15.7. The molecule has 1 aliphatic rings. The highest BCUT2D eigenvalue weighted by atomic mass is 16.5. The van der Waals surface area contributed by atoms with Crippen LogP contribution in [0.2, 0.25) is 0 Å². The molecule has 0 radical (unpaired) electrons. The Kier molecular flexibility index (Phi) is 8.30. The smallest absolute Gasteiger partial charge is 0.308 e. The zero-order valence-electron chi connectivity index (χ0n) is 13.0. The molecule has 0 aromatic heterocycles. The van der Waals surface area contributed by atoms with Crippen LogP contribution in [0, 0.1) is 5.92 Å². The molecule has 0 aromatic carbocycles. The zero-order valence-corrected chi connectivity index (χ0v) is 13.0. The van der Waals surface area contributed by atoms with Crippen LogP contribution >= 0.6 is 0 Å². The summed E-state index contributed by atoms with van der Waals surface area (Å²) in [5, 5.41) is 11.7. The summed E-state index contributed by atoms with van der Waals surface area (Å²) in [5.41, 5.74) is 0. The normalized spacial score (nSPS) is 21.5.